The molecule has 5 nitrogen and oxygen atoms in total. The van der Waals surface area contributed by atoms with Crippen LogP contribution in [0.2, 0.25) is 0 Å². The molecule has 0 aliphatic rings. The summed E-state index contributed by atoms with van der Waals surface area (Å²) >= 11 is 0. The van der Waals surface area contributed by atoms with Crippen LogP contribution in [-0.4, -0.2) is 14.9 Å². The maximum Gasteiger partial charge on any atom is 0.367 e. The number of hydrogen-bond donors (Lipinski definition) is 0. The predicted octanol–water partition coefficient (Wildman–Crippen LogP) is 0.185. The number of nitro groups is 1. The average molecular weight is 124 g/mol. The second kappa shape index (κ2) is 2.17. The van der Waals surface area contributed by atoms with Crippen molar-refractivity contribution in [3.8, 4) is 0 Å². The Morgan fingerprint density at radius 3 is 2.89 bits per heavy atom. The van der Waals surface area contributed by atoms with Gasteiger partial charge in [0.1, 0.15) is 6.20 Å². The van der Waals surface area contributed by atoms with Crippen LogP contribution in [0.3, 0.4) is 0 Å². The molecule has 0 spiro atoms. The Morgan fingerprint density at radius 2 is 2.56 bits per heavy atom. The molecule has 1 heterocycles. The van der Waals surface area contributed by atoms with E-state index in [-0.39, 0.29) is 5.82 Å². The molecular formula is C4H2N3O2. The van der Waals surface area contributed by atoms with Crippen LogP contribution in [0.1, 0.15) is 0 Å². The highest BCUT2D eigenvalue weighted by atomic mass is 16.6. The molecule has 0 N–H and O–H groups in total. The van der Waals surface area contributed by atoms with Gasteiger partial charge in [0.25, 0.3) is 0 Å². The predicted molar refractivity (Wildman–Crippen MR) is 27.5 cm³/mol. The van der Waals surface area contributed by atoms with Crippen molar-refractivity contribution in [1.82, 2.24) is 9.97 Å². The Bertz CT molecular complexity index is 210. The van der Waals surface area contributed by atoms with E-state index in [0.29, 0.717) is 0 Å². The van der Waals surface area contributed by atoms with Crippen LogP contribution in [0.5, 0.6) is 0 Å². The summed E-state index contributed by atoms with van der Waals surface area (Å²) in [4.78, 5) is 16.0. The minimum absolute atomic E-state index is 0.231. The first-order chi connectivity index (χ1) is 4.30. The summed E-state index contributed by atoms with van der Waals surface area (Å²) in [6, 6.07) is 1.11. The van der Waals surface area contributed by atoms with E-state index in [2.05, 4.69) is 16.2 Å². The largest absolute Gasteiger partial charge is 0.367 e. The molecule has 0 aliphatic carbocycles. The molecule has 0 amide bonds. The SMILES string of the molecule is O=[N+]([O-])c1c[c]ncn1. The molecule has 0 aliphatic heterocycles. The van der Waals surface area contributed by atoms with Crippen LogP contribution in [0.15, 0.2) is 12.4 Å². The molecule has 1 aromatic rings. The van der Waals surface area contributed by atoms with Gasteiger partial charge in [-0.3, -0.25) is 0 Å². The Morgan fingerprint density at radius 1 is 1.78 bits per heavy atom. The molecule has 45 valence electrons. The summed E-state index contributed by atoms with van der Waals surface area (Å²) in [7, 11) is 0. The lowest BCUT2D eigenvalue weighted by Gasteiger charge is -1.85. The Kier molecular flexibility index (Phi) is 1.35. The normalized spacial score (nSPS) is 8.89. The van der Waals surface area contributed by atoms with Gasteiger partial charge in [0.15, 0.2) is 0 Å². The van der Waals surface area contributed by atoms with Gasteiger partial charge in [0, 0.05) is 0 Å². The Hall–Kier alpha value is -1.52. The molecule has 0 fully saturated rings. The van der Waals surface area contributed by atoms with Crippen LogP contribution in [-0.2, 0) is 0 Å². The molecule has 1 rings (SSSR count). The lowest BCUT2D eigenvalue weighted by molar-refractivity contribution is -0.389. The van der Waals surface area contributed by atoms with Gasteiger partial charge in [-0.05, 0) is 9.91 Å². The first kappa shape index (κ1) is 5.61. The van der Waals surface area contributed by atoms with Crippen LogP contribution < -0.4 is 0 Å². The minimum atomic E-state index is -0.599. The first-order valence-electron chi connectivity index (χ1n) is 2.13. The third-order valence-corrected chi connectivity index (χ3v) is 0.703. The van der Waals surface area contributed by atoms with Crippen molar-refractivity contribution in [1.29, 1.82) is 0 Å². The zero-order valence-electron chi connectivity index (χ0n) is 4.31. The summed E-state index contributed by atoms with van der Waals surface area (Å²) in [6.07, 6.45) is 3.37. The van der Waals surface area contributed by atoms with Crippen molar-refractivity contribution in [3.05, 3.63) is 28.7 Å². The fourth-order valence-corrected chi connectivity index (χ4v) is 0.353. The van der Waals surface area contributed by atoms with E-state index in [4.69, 9.17) is 0 Å². The fourth-order valence-electron chi connectivity index (χ4n) is 0.353. The van der Waals surface area contributed by atoms with Crippen molar-refractivity contribution in [2.24, 2.45) is 0 Å². The average Bonchev–Trinajstić information content (AvgIpc) is 1.90. The van der Waals surface area contributed by atoms with Crippen molar-refractivity contribution in [3.63, 3.8) is 0 Å². The number of aromatic nitrogens is 2. The number of rotatable bonds is 1. The molecular weight excluding hydrogens is 122 g/mol. The molecule has 0 aromatic carbocycles. The van der Waals surface area contributed by atoms with Crippen molar-refractivity contribution in [2.75, 3.05) is 0 Å². The second-order valence-corrected chi connectivity index (χ2v) is 1.26. The molecule has 0 bridgehead atoms. The van der Waals surface area contributed by atoms with Gasteiger partial charge in [-0.25, -0.2) is 4.98 Å². The van der Waals surface area contributed by atoms with E-state index in [9.17, 15) is 10.1 Å². The lowest BCUT2D eigenvalue weighted by atomic mass is 10.6. The maximum atomic E-state index is 9.90. The van der Waals surface area contributed by atoms with Gasteiger partial charge in [-0.15, -0.1) is 0 Å². The van der Waals surface area contributed by atoms with Crippen molar-refractivity contribution >= 4 is 5.82 Å². The van der Waals surface area contributed by atoms with E-state index in [0.717, 1.165) is 12.4 Å². The Balaban J connectivity index is 2.98. The summed E-state index contributed by atoms with van der Waals surface area (Å²) in [5, 5.41) is 9.90. The first-order valence-corrected chi connectivity index (χ1v) is 2.13. The monoisotopic (exact) mass is 124 g/mol. The van der Waals surface area contributed by atoms with Crippen LogP contribution in [0.25, 0.3) is 0 Å². The van der Waals surface area contributed by atoms with Crippen LogP contribution in [0.4, 0.5) is 5.82 Å². The van der Waals surface area contributed by atoms with E-state index >= 15 is 0 Å². The van der Waals surface area contributed by atoms with Crippen molar-refractivity contribution < 1.29 is 4.92 Å². The second-order valence-electron chi connectivity index (χ2n) is 1.26. The van der Waals surface area contributed by atoms with E-state index in [1.165, 1.54) is 0 Å². The zero-order valence-corrected chi connectivity index (χ0v) is 4.31. The standard InChI is InChI=1S/C4H2N3O2/c8-7(9)4-1-2-5-3-6-4/h1,3H. The highest BCUT2D eigenvalue weighted by molar-refractivity contribution is 5.11. The molecule has 0 saturated carbocycles. The molecule has 0 atom stereocenters. The maximum absolute atomic E-state index is 9.90. The fraction of sp³-hybridized carbons (Fsp3) is 0. The van der Waals surface area contributed by atoms with Crippen LogP contribution in [0, 0.1) is 16.3 Å². The van der Waals surface area contributed by atoms with Gasteiger partial charge in [0.2, 0.25) is 6.33 Å². The van der Waals surface area contributed by atoms with Gasteiger partial charge < -0.3 is 10.1 Å². The third kappa shape index (κ3) is 1.18. The molecule has 9 heavy (non-hydrogen) atoms. The highest BCUT2D eigenvalue weighted by Gasteiger charge is 2.01. The summed E-state index contributed by atoms with van der Waals surface area (Å²) in [5.74, 6) is -0.231. The molecule has 1 aromatic heterocycles. The Labute approximate surface area is 50.5 Å². The number of hydrogen-bond acceptors (Lipinski definition) is 4. The number of nitrogens with zero attached hydrogens (tertiary/aromatic N) is 3. The van der Waals surface area contributed by atoms with Gasteiger partial charge in [-0.1, -0.05) is 0 Å². The summed E-state index contributed by atoms with van der Waals surface area (Å²) in [5.41, 5.74) is 0. The smallest absolute Gasteiger partial charge is 0.358 e. The van der Waals surface area contributed by atoms with E-state index in [1.807, 2.05) is 0 Å². The third-order valence-electron chi connectivity index (χ3n) is 0.703. The summed E-state index contributed by atoms with van der Waals surface area (Å²) < 4.78 is 0. The zero-order chi connectivity index (χ0) is 6.69. The molecule has 1 radical (unpaired) electrons. The van der Waals surface area contributed by atoms with Gasteiger partial charge >= 0.3 is 5.82 Å². The van der Waals surface area contributed by atoms with Gasteiger partial charge in [-0.2, -0.15) is 0 Å². The molecule has 0 saturated heterocycles. The van der Waals surface area contributed by atoms with Crippen LogP contribution >= 0.6 is 0 Å². The topological polar surface area (TPSA) is 68.9 Å². The molecule has 5 heteroatoms. The quantitative estimate of drug-likeness (QED) is 0.395. The molecule has 0 unspecified atom stereocenters. The van der Waals surface area contributed by atoms with E-state index < -0.39 is 4.92 Å². The highest BCUT2D eigenvalue weighted by Crippen LogP contribution is 1.99. The van der Waals surface area contributed by atoms with E-state index in [1.54, 1.807) is 0 Å². The van der Waals surface area contributed by atoms with Crippen molar-refractivity contribution in [2.45, 2.75) is 0 Å². The minimum Gasteiger partial charge on any atom is -0.358 e. The lowest BCUT2D eigenvalue weighted by Crippen LogP contribution is -1.90. The summed E-state index contributed by atoms with van der Waals surface area (Å²) in [6.45, 7) is 0. The van der Waals surface area contributed by atoms with Gasteiger partial charge in [0.05, 0.1) is 6.07 Å².